The summed E-state index contributed by atoms with van der Waals surface area (Å²) >= 11 is 0. The quantitative estimate of drug-likeness (QED) is 0.308. The van der Waals surface area contributed by atoms with E-state index in [1.165, 1.54) is 34.9 Å². The van der Waals surface area contributed by atoms with E-state index in [1.807, 2.05) is 13.8 Å². The van der Waals surface area contributed by atoms with Gasteiger partial charge in [-0.3, -0.25) is 14.4 Å². The number of methoxy groups -OCH3 is 1. The van der Waals surface area contributed by atoms with Crippen molar-refractivity contribution in [2.24, 2.45) is 5.92 Å². The molecule has 13 heteroatoms. The van der Waals surface area contributed by atoms with Crippen LogP contribution in [0.25, 0.3) is 11.2 Å². The van der Waals surface area contributed by atoms with Gasteiger partial charge in [0.1, 0.15) is 23.4 Å². The Hall–Kier alpha value is -4.55. The predicted molar refractivity (Wildman–Crippen MR) is 147 cm³/mol. The van der Waals surface area contributed by atoms with Crippen molar-refractivity contribution >= 4 is 34.8 Å². The van der Waals surface area contributed by atoms with Crippen LogP contribution < -0.4 is 16.2 Å². The number of hydrogen-bond donors (Lipinski definition) is 3. The molecule has 0 fully saturated rings. The number of amides is 3. The van der Waals surface area contributed by atoms with Crippen molar-refractivity contribution in [3.05, 3.63) is 64.2 Å². The fourth-order valence-corrected chi connectivity index (χ4v) is 3.92. The van der Waals surface area contributed by atoms with E-state index in [9.17, 15) is 23.6 Å². The maximum absolute atomic E-state index is 14.4. The van der Waals surface area contributed by atoms with Crippen LogP contribution in [0.15, 0.2) is 41.5 Å². The van der Waals surface area contributed by atoms with Gasteiger partial charge in [-0.15, -0.1) is 0 Å². The molecule has 3 rings (SSSR count). The summed E-state index contributed by atoms with van der Waals surface area (Å²) in [6, 6.07) is 1.99. The first-order valence-electron chi connectivity index (χ1n) is 12.7. The highest BCUT2D eigenvalue weighted by molar-refractivity contribution is 5.96. The van der Waals surface area contributed by atoms with E-state index in [-0.39, 0.29) is 30.5 Å². The number of alkyl carbamates (subject to hydrolysis) is 1. The lowest BCUT2D eigenvalue weighted by atomic mass is 10.0. The number of fused-ring (bicyclic) bond motifs is 1. The van der Waals surface area contributed by atoms with Crippen molar-refractivity contribution < 1.29 is 23.5 Å². The van der Waals surface area contributed by atoms with Gasteiger partial charge in [-0.25, -0.2) is 19.2 Å². The molecule has 0 aliphatic rings. The first-order chi connectivity index (χ1) is 19.0. The van der Waals surface area contributed by atoms with Crippen molar-refractivity contribution in [1.29, 1.82) is 0 Å². The highest BCUT2D eigenvalue weighted by atomic mass is 19.1. The molecule has 0 saturated carbocycles. The number of aromatic nitrogens is 4. The Labute approximate surface area is 230 Å². The number of rotatable bonds is 11. The zero-order valence-electron chi connectivity index (χ0n) is 23.2. The lowest BCUT2D eigenvalue weighted by Gasteiger charge is -2.17. The summed E-state index contributed by atoms with van der Waals surface area (Å²) in [6.07, 6.45) is 5.78. The van der Waals surface area contributed by atoms with Gasteiger partial charge in [0.2, 0.25) is 11.8 Å². The Morgan fingerprint density at radius 2 is 2.02 bits per heavy atom. The van der Waals surface area contributed by atoms with Gasteiger partial charge in [0.25, 0.3) is 5.56 Å². The number of carbonyl (C=O) groups excluding carboxylic acids is 3. The number of nitrogens with one attached hydrogen (secondary N) is 3. The molecule has 0 aliphatic heterocycles. The fourth-order valence-electron chi connectivity index (χ4n) is 3.92. The molecule has 0 aliphatic carbocycles. The maximum Gasteiger partial charge on any atom is 0.407 e. The third kappa shape index (κ3) is 7.74. The number of carbonyl (C=O) groups is 3. The van der Waals surface area contributed by atoms with Crippen LogP contribution in [-0.2, 0) is 27.3 Å². The molecular weight excluding hydrogens is 521 g/mol. The van der Waals surface area contributed by atoms with E-state index in [4.69, 9.17) is 0 Å². The van der Waals surface area contributed by atoms with E-state index < -0.39 is 29.4 Å². The van der Waals surface area contributed by atoms with E-state index in [2.05, 4.69) is 30.3 Å². The van der Waals surface area contributed by atoms with Gasteiger partial charge in [0.15, 0.2) is 5.65 Å². The highest BCUT2D eigenvalue weighted by Gasteiger charge is 2.22. The number of ether oxygens (including phenoxy) is 1. The summed E-state index contributed by atoms with van der Waals surface area (Å²) in [5, 5.41) is 5.01. The second kappa shape index (κ2) is 13.5. The second-order valence-electron chi connectivity index (χ2n) is 9.81. The first-order valence-corrected chi connectivity index (χ1v) is 12.7. The van der Waals surface area contributed by atoms with E-state index >= 15 is 0 Å². The number of halogens is 1. The zero-order chi connectivity index (χ0) is 29.4. The number of H-pyrrole nitrogens is 1. The molecule has 3 N–H and O–H groups in total. The molecule has 3 heterocycles. The van der Waals surface area contributed by atoms with Crippen LogP contribution in [-0.4, -0.2) is 69.6 Å². The summed E-state index contributed by atoms with van der Waals surface area (Å²) in [6.45, 7) is 3.99. The molecule has 0 spiro atoms. The van der Waals surface area contributed by atoms with Crippen LogP contribution in [0.5, 0.6) is 0 Å². The van der Waals surface area contributed by atoms with Crippen LogP contribution in [0.2, 0.25) is 0 Å². The number of pyridine rings is 2. The number of aromatic amines is 1. The Morgan fingerprint density at radius 3 is 2.70 bits per heavy atom. The van der Waals surface area contributed by atoms with E-state index in [0.29, 0.717) is 35.4 Å². The summed E-state index contributed by atoms with van der Waals surface area (Å²) in [4.78, 5) is 62.6. The molecule has 40 heavy (non-hydrogen) atoms. The molecule has 0 saturated heterocycles. The zero-order valence-corrected chi connectivity index (χ0v) is 23.2. The SMILES string of the molecule is COC(=O)N[C@@H](CC/C=C/C(=O)N(C)C)C(=O)Nc1cccn(Cc2nc3ncc(F)c(CC(C)C)c3[nH]2)c1=O. The van der Waals surface area contributed by atoms with Crippen molar-refractivity contribution in [2.45, 2.75) is 45.7 Å². The van der Waals surface area contributed by atoms with Gasteiger partial charge in [-0.1, -0.05) is 19.9 Å². The van der Waals surface area contributed by atoms with E-state index in [0.717, 1.165) is 6.20 Å². The topological polar surface area (TPSA) is 151 Å². The minimum atomic E-state index is -1.03. The summed E-state index contributed by atoms with van der Waals surface area (Å²) in [7, 11) is 4.40. The second-order valence-corrected chi connectivity index (χ2v) is 9.81. The Balaban J connectivity index is 1.78. The lowest BCUT2D eigenvalue weighted by molar-refractivity contribution is -0.123. The molecule has 12 nitrogen and oxygen atoms in total. The van der Waals surface area contributed by atoms with Gasteiger partial charge in [0.05, 0.1) is 25.4 Å². The van der Waals surface area contributed by atoms with Crippen molar-refractivity contribution in [2.75, 3.05) is 26.5 Å². The van der Waals surface area contributed by atoms with Crippen molar-refractivity contribution in [3.8, 4) is 0 Å². The third-order valence-corrected chi connectivity index (χ3v) is 5.95. The molecule has 0 unspecified atom stereocenters. The number of hydrogen-bond acceptors (Lipinski definition) is 7. The summed E-state index contributed by atoms with van der Waals surface area (Å²) < 4.78 is 20.4. The number of imidazole rings is 1. The van der Waals surface area contributed by atoms with E-state index in [1.54, 1.807) is 26.2 Å². The van der Waals surface area contributed by atoms with Gasteiger partial charge in [0, 0.05) is 25.9 Å². The molecule has 0 radical (unpaired) electrons. The summed E-state index contributed by atoms with van der Waals surface area (Å²) in [5.74, 6) is -0.660. The average Bonchev–Trinajstić information content (AvgIpc) is 3.32. The fraction of sp³-hybridized carbons (Fsp3) is 0.407. The van der Waals surface area contributed by atoms with Crippen LogP contribution in [0, 0.1) is 11.7 Å². The van der Waals surface area contributed by atoms with Crippen LogP contribution in [0.1, 0.15) is 38.1 Å². The van der Waals surface area contributed by atoms with Gasteiger partial charge < -0.3 is 29.8 Å². The van der Waals surface area contributed by atoms with Crippen LogP contribution in [0.4, 0.5) is 14.9 Å². The largest absolute Gasteiger partial charge is 0.453 e. The first kappa shape index (κ1) is 30.0. The molecule has 0 bridgehead atoms. The monoisotopic (exact) mass is 555 g/mol. The van der Waals surface area contributed by atoms with Gasteiger partial charge in [-0.2, -0.15) is 0 Å². The van der Waals surface area contributed by atoms with Gasteiger partial charge >= 0.3 is 6.09 Å². The maximum atomic E-state index is 14.4. The molecule has 1 atom stereocenters. The predicted octanol–water partition coefficient (Wildman–Crippen LogP) is 2.59. The highest BCUT2D eigenvalue weighted by Crippen LogP contribution is 2.21. The van der Waals surface area contributed by atoms with Crippen LogP contribution in [0.3, 0.4) is 0 Å². The Kier molecular flexibility index (Phi) is 10.1. The van der Waals surface area contributed by atoms with Crippen molar-refractivity contribution in [3.63, 3.8) is 0 Å². The molecule has 214 valence electrons. The minimum Gasteiger partial charge on any atom is -0.453 e. The molecule has 3 aromatic rings. The van der Waals surface area contributed by atoms with Crippen molar-refractivity contribution in [1.82, 2.24) is 29.7 Å². The summed E-state index contributed by atoms with van der Waals surface area (Å²) in [5.41, 5.74) is 0.800. The molecule has 3 aromatic heterocycles. The number of anilines is 1. The average molecular weight is 556 g/mol. The smallest absolute Gasteiger partial charge is 0.407 e. The van der Waals surface area contributed by atoms with Gasteiger partial charge in [-0.05, 0) is 43.4 Å². The number of nitrogens with zero attached hydrogens (tertiary/aromatic N) is 4. The number of allylic oxidation sites excluding steroid dienone is 1. The number of likely N-dealkylation sites (N-methyl/N-ethyl adjacent to an activating group) is 1. The third-order valence-electron chi connectivity index (χ3n) is 5.95. The minimum absolute atomic E-state index is 0.0109. The lowest BCUT2D eigenvalue weighted by Crippen LogP contribution is -2.44. The molecule has 3 amide bonds. The molecular formula is C27H34FN7O5. The molecule has 0 aromatic carbocycles. The van der Waals surface area contributed by atoms with Crippen LogP contribution >= 0.6 is 0 Å². The Morgan fingerprint density at radius 1 is 1.27 bits per heavy atom. The normalized spacial score (nSPS) is 12.1. The standard InChI is InChI=1S/C27H34FN7O5/c1-16(2)13-17-18(28)14-29-24-23(17)32-21(33-24)15-35-12-8-10-20(26(35)38)30-25(37)19(31-27(39)40-5)9-6-7-11-22(36)34(3)4/h7-8,10-12,14,16,19H,6,9,13,15H2,1-5H3,(H,30,37)(H,31,39)(H,29,32,33)/b11-7+/t19-/m0/s1. The Bertz CT molecular complexity index is 1460.